The standard InChI is InChI=1S/C22H26N6O4/c1-14-9-15(10-23-20(14)30-2)27-8-5-18-17(12-27)21(25-13-24-18)31-16-4-7-28(11-16)22(29)19-3-6-26-32-19/h3,6,9-10,13,16,22,29H,4-5,7-8,11-12H2,1-2H3/t16-,22?/m0/s1. The Hall–Kier alpha value is -3.24. The van der Waals surface area contributed by atoms with Crippen molar-refractivity contribution in [1.29, 1.82) is 0 Å². The highest BCUT2D eigenvalue weighted by Gasteiger charge is 2.32. The summed E-state index contributed by atoms with van der Waals surface area (Å²) in [6.07, 6.45) is 5.62. The van der Waals surface area contributed by atoms with Crippen molar-refractivity contribution < 1.29 is 19.1 Å². The Morgan fingerprint density at radius 2 is 2.12 bits per heavy atom. The molecule has 2 aliphatic rings. The Morgan fingerprint density at radius 1 is 1.22 bits per heavy atom. The van der Waals surface area contributed by atoms with Gasteiger partial charge in [-0.25, -0.2) is 15.0 Å². The van der Waals surface area contributed by atoms with Gasteiger partial charge in [-0.05, 0) is 19.4 Å². The second-order valence-electron chi connectivity index (χ2n) is 8.11. The number of aryl methyl sites for hydroxylation is 1. The Kier molecular flexibility index (Phi) is 5.62. The molecule has 0 amide bonds. The van der Waals surface area contributed by atoms with Crippen molar-refractivity contribution in [3.8, 4) is 11.8 Å². The summed E-state index contributed by atoms with van der Waals surface area (Å²) in [5, 5.41) is 14.2. The molecule has 32 heavy (non-hydrogen) atoms. The number of aromatic nitrogens is 4. The summed E-state index contributed by atoms with van der Waals surface area (Å²) >= 11 is 0. The van der Waals surface area contributed by atoms with Crippen LogP contribution in [0.3, 0.4) is 0 Å². The molecule has 10 heteroatoms. The molecule has 3 aromatic heterocycles. The molecule has 1 N–H and O–H groups in total. The van der Waals surface area contributed by atoms with Gasteiger partial charge in [0.1, 0.15) is 12.4 Å². The van der Waals surface area contributed by atoms with Crippen molar-refractivity contribution in [1.82, 2.24) is 25.0 Å². The van der Waals surface area contributed by atoms with E-state index in [2.05, 4.69) is 31.1 Å². The van der Waals surface area contributed by atoms with E-state index in [0.29, 0.717) is 37.2 Å². The first kappa shape index (κ1) is 20.7. The fraction of sp³-hybridized carbons (Fsp3) is 0.455. The number of ether oxygens (including phenoxy) is 2. The second-order valence-corrected chi connectivity index (χ2v) is 8.11. The van der Waals surface area contributed by atoms with Crippen LogP contribution in [0, 0.1) is 6.92 Å². The molecule has 1 unspecified atom stereocenters. The van der Waals surface area contributed by atoms with Crippen LogP contribution in [0.1, 0.15) is 35.2 Å². The van der Waals surface area contributed by atoms with E-state index in [-0.39, 0.29) is 6.10 Å². The van der Waals surface area contributed by atoms with Gasteiger partial charge in [0, 0.05) is 37.7 Å². The van der Waals surface area contributed by atoms with Crippen LogP contribution < -0.4 is 14.4 Å². The highest BCUT2D eigenvalue weighted by atomic mass is 16.5. The average molecular weight is 438 g/mol. The lowest BCUT2D eigenvalue weighted by Gasteiger charge is -2.31. The van der Waals surface area contributed by atoms with Crippen molar-refractivity contribution in [3.05, 3.63) is 53.4 Å². The number of pyridine rings is 1. The molecular weight excluding hydrogens is 412 g/mol. The third-order valence-electron chi connectivity index (χ3n) is 6.05. The molecule has 0 radical (unpaired) electrons. The van der Waals surface area contributed by atoms with Crippen LogP contribution >= 0.6 is 0 Å². The monoisotopic (exact) mass is 438 g/mol. The van der Waals surface area contributed by atoms with Gasteiger partial charge in [-0.3, -0.25) is 4.90 Å². The summed E-state index contributed by atoms with van der Waals surface area (Å²) in [5.41, 5.74) is 4.04. The number of anilines is 1. The lowest BCUT2D eigenvalue weighted by Crippen LogP contribution is -2.33. The van der Waals surface area contributed by atoms with Gasteiger partial charge < -0.3 is 24.0 Å². The maximum absolute atomic E-state index is 10.5. The molecule has 0 aromatic carbocycles. The predicted octanol–water partition coefficient (Wildman–Crippen LogP) is 1.88. The third-order valence-corrected chi connectivity index (χ3v) is 6.05. The number of nitrogens with zero attached hydrogens (tertiary/aromatic N) is 6. The number of hydrogen-bond donors (Lipinski definition) is 1. The van der Waals surface area contributed by atoms with Crippen molar-refractivity contribution >= 4 is 5.69 Å². The Bertz CT molecular complexity index is 1080. The van der Waals surface area contributed by atoms with Crippen LogP contribution in [-0.4, -0.2) is 63.0 Å². The molecule has 10 nitrogen and oxygen atoms in total. The minimum Gasteiger partial charge on any atom is -0.481 e. The van der Waals surface area contributed by atoms with Crippen LogP contribution in [0.15, 0.2) is 35.4 Å². The fourth-order valence-electron chi connectivity index (χ4n) is 4.34. The molecule has 1 fully saturated rings. The summed E-state index contributed by atoms with van der Waals surface area (Å²) < 4.78 is 16.7. The average Bonchev–Trinajstić information content (AvgIpc) is 3.51. The second kappa shape index (κ2) is 8.71. The number of rotatable bonds is 6. The molecule has 0 bridgehead atoms. The van der Waals surface area contributed by atoms with E-state index in [9.17, 15) is 5.11 Å². The number of likely N-dealkylation sites (tertiary alicyclic amines) is 1. The van der Waals surface area contributed by atoms with Crippen LogP contribution in [-0.2, 0) is 13.0 Å². The topological polar surface area (TPSA) is 110 Å². The maximum Gasteiger partial charge on any atom is 0.222 e. The zero-order chi connectivity index (χ0) is 22.1. The number of hydrogen-bond acceptors (Lipinski definition) is 10. The lowest BCUT2D eigenvalue weighted by molar-refractivity contribution is -0.00815. The van der Waals surface area contributed by atoms with Crippen molar-refractivity contribution in [2.75, 3.05) is 31.6 Å². The molecule has 5 heterocycles. The summed E-state index contributed by atoms with van der Waals surface area (Å²) in [6, 6.07) is 3.75. The van der Waals surface area contributed by atoms with Gasteiger partial charge in [0.05, 0.1) is 43.0 Å². The number of aliphatic hydroxyl groups excluding tert-OH is 1. The Labute approximate surface area is 185 Å². The van der Waals surface area contributed by atoms with E-state index in [4.69, 9.17) is 14.0 Å². The van der Waals surface area contributed by atoms with Gasteiger partial charge in [0.15, 0.2) is 12.0 Å². The molecule has 1 saturated heterocycles. The smallest absolute Gasteiger partial charge is 0.222 e. The van der Waals surface area contributed by atoms with Gasteiger partial charge in [0.2, 0.25) is 11.8 Å². The van der Waals surface area contributed by atoms with Crippen LogP contribution in [0.25, 0.3) is 0 Å². The molecular formula is C22H26N6O4. The molecule has 5 rings (SSSR count). The Morgan fingerprint density at radius 3 is 2.91 bits per heavy atom. The number of fused-ring (bicyclic) bond motifs is 1. The minimum absolute atomic E-state index is 0.0770. The first-order valence-corrected chi connectivity index (χ1v) is 10.7. The quantitative estimate of drug-likeness (QED) is 0.612. The van der Waals surface area contributed by atoms with E-state index < -0.39 is 6.23 Å². The lowest BCUT2D eigenvalue weighted by atomic mass is 10.1. The van der Waals surface area contributed by atoms with Crippen molar-refractivity contribution in [3.63, 3.8) is 0 Å². The van der Waals surface area contributed by atoms with E-state index >= 15 is 0 Å². The maximum atomic E-state index is 10.5. The molecule has 0 saturated carbocycles. The zero-order valence-corrected chi connectivity index (χ0v) is 18.1. The van der Waals surface area contributed by atoms with Crippen LogP contribution in [0.5, 0.6) is 11.8 Å². The van der Waals surface area contributed by atoms with E-state index in [1.54, 1.807) is 19.5 Å². The summed E-state index contributed by atoms with van der Waals surface area (Å²) in [7, 11) is 1.63. The van der Waals surface area contributed by atoms with Gasteiger partial charge >= 0.3 is 0 Å². The zero-order valence-electron chi connectivity index (χ0n) is 18.1. The number of aliphatic hydroxyl groups is 1. The first-order valence-electron chi connectivity index (χ1n) is 10.7. The van der Waals surface area contributed by atoms with Crippen LogP contribution in [0.4, 0.5) is 5.69 Å². The predicted molar refractivity (Wildman–Crippen MR) is 114 cm³/mol. The Balaban J connectivity index is 1.30. The van der Waals surface area contributed by atoms with E-state index in [0.717, 1.165) is 41.9 Å². The minimum atomic E-state index is -0.827. The van der Waals surface area contributed by atoms with Gasteiger partial charge in [0.25, 0.3) is 0 Å². The van der Waals surface area contributed by atoms with Gasteiger partial charge in [-0.1, -0.05) is 5.16 Å². The molecule has 3 aromatic rings. The normalized spacial score (nSPS) is 19.6. The molecule has 2 aliphatic heterocycles. The molecule has 2 atom stereocenters. The van der Waals surface area contributed by atoms with Gasteiger partial charge in [-0.15, -0.1) is 0 Å². The van der Waals surface area contributed by atoms with Gasteiger partial charge in [-0.2, -0.15) is 0 Å². The van der Waals surface area contributed by atoms with Crippen LogP contribution in [0.2, 0.25) is 0 Å². The first-order chi connectivity index (χ1) is 15.6. The molecule has 0 spiro atoms. The largest absolute Gasteiger partial charge is 0.481 e. The molecule has 168 valence electrons. The molecule has 0 aliphatic carbocycles. The summed E-state index contributed by atoms with van der Waals surface area (Å²) in [5.74, 6) is 1.68. The SMILES string of the molecule is COc1ncc(N2CCc3ncnc(O[C@H]4CCN(C(O)c5ccno5)C4)c3C2)cc1C. The third kappa shape index (κ3) is 3.98. The van der Waals surface area contributed by atoms with E-state index in [1.165, 1.54) is 6.20 Å². The summed E-state index contributed by atoms with van der Waals surface area (Å²) in [4.78, 5) is 17.5. The fourth-order valence-corrected chi connectivity index (χ4v) is 4.34. The van der Waals surface area contributed by atoms with Crippen molar-refractivity contribution in [2.45, 2.75) is 38.6 Å². The highest BCUT2D eigenvalue weighted by Crippen LogP contribution is 2.31. The van der Waals surface area contributed by atoms with E-state index in [1.807, 2.05) is 18.0 Å². The highest BCUT2D eigenvalue weighted by molar-refractivity contribution is 5.52. The number of methoxy groups -OCH3 is 1. The van der Waals surface area contributed by atoms with Crippen molar-refractivity contribution in [2.24, 2.45) is 0 Å². The summed E-state index contributed by atoms with van der Waals surface area (Å²) in [6.45, 7) is 4.76.